The lowest BCUT2D eigenvalue weighted by molar-refractivity contribution is -0.128. The molecule has 0 aliphatic heterocycles. The van der Waals surface area contributed by atoms with Crippen molar-refractivity contribution in [3.8, 4) is 28.0 Å². The molecule has 0 heterocycles. The van der Waals surface area contributed by atoms with Crippen LogP contribution in [0.4, 0.5) is 0 Å². The Balaban J connectivity index is 1.67. The summed E-state index contributed by atoms with van der Waals surface area (Å²) >= 11 is 0. The summed E-state index contributed by atoms with van der Waals surface area (Å²) in [6.45, 7) is 15.0. The molecule has 40 heavy (non-hydrogen) atoms. The van der Waals surface area contributed by atoms with Gasteiger partial charge in [0, 0.05) is 25.6 Å². The van der Waals surface area contributed by atoms with Crippen molar-refractivity contribution < 1.29 is 19.4 Å². The van der Waals surface area contributed by atoms with Gasteiger partial charge >= 0.3 is 5.97 Å². The van der Waals surface area contributed by atoms with E-state index in [1.165, 1.54) is 17.5 Å². The number of amides is 1. The van der Waals surface area contributed by atoms with Gasteiger partial charge in [0.25, 0.3) is 0 Å². The van der Waals surface area contributed by atoms with Crippen LogP contribution in [-0.4, -0.2) is 41.6 Å². The first-order valence-corrected chi connectivity index (χ1v) is 14.4. The van der Waals surface area contributed by atoms with E-state index in [0.29, 0.717) is 6.61 Å². The number of ether oxygens (including phenoxy) is 1. The fraction of sp³-hybridized carbons (Fsp3) is 0.429. The number of benzene rings is 3. The molecule has 5 nitrogen and oxygen atoms in total. The fourth-order valence-electron chi connectivity index (χ4n) is 5.75. The van der Waals surface area contributed by atoms with Gasteiger partial charge in [-0.2, -0.15) is 0 Å². The van der Waals surface area contributed by atoms with Crippen LogP contribution in [0.2, 0.25) is 0 Å². The van der Waals surface area contributed by atoms with Crippen LogP contribution in [0, 0.1) is 0 Å². The number of carboxylic acid groups (broad SMARTS) is 1. The van der Waals surface area contributed by atoms with Gasteiger partial charge in [-0.3, -0.25) is 4.79 Å². The monoisotopic (exact) mass is 541 g/mol. The minimum Gasteiger partial charge on any atom is -0.493 e. The molecule has 0 saturated carbocycles. The predicted octanol–water partition coefficient (Wildman–Crippen LogP) is 8.10. The molecule has 1 N–H and O–H groups in total. The van der Waals surface area contributed by atoms with E-state index in [9.17, 15) is 14.7 Å². The van der Waals surface area contributed by atoms with E-state index in [4.69, 9.17) is 4.74 Å². The molecule has 0 bridgehead atoms. The minimum absolute atomic E-state index is 0.0913. The van der Waals surface area contributed by atoms with Crippen LogP contribution in [0.5, 0.6) is 5.75 Å². The lowest BCUT2D eigenvalue weighted by Gasteiger charge is -2.42. The van der Waals surface area contributed by atoms with Crippen molar-refractivity contribution in [1.82, 2.24) is 4.90 Å². The quantitative estimate of drug-likeness (QED) is 0.263. The van der Waals surface area contributed by atoms with Gasteiger partial charge in [0.15, 0.2) is 0 Å². The maximum absolute atomic E-state index is 11.7. The molecule has 3 aromatic carbocycles. The number of carboxylic acids is 1. The van der Waals surface area contributed by atoms with E-state index in [0.717, 1.165) is 60.4 Å². The van der Waals surface area contributed by atoms with Crippen LogP contribution >= 0.6 is 0 Å². The largest absolute Gasteiger partial charge is 0.493 e. The standard InChI is InChI=1S/C35H43NO4/c1-7-36(24(2)37)20-8-9-21-40-32-17-15-27(25-10-12-26(13-11-25)33(38)39)22-29(32)28-14-16-30-31(23-28)35(5,6)19-18-34(30,3)4/h10-17,22-23H,7-9,18-21H2,1-6H3,(H,38,39). The number of hydrogen-bond acceptors (Lipinski definition) is 3. The summed E-state index contributed by atoms with van der Waals surface area (Å²) < 4.78 is 6.36. The van der Waals surface area contributed by atoms with Crippen LogP contribution in [0.3, 0.4) is 0 Å². The lowest BCUT2D eigenvalue weighted by atomic mass is 9.63. The predicted molar refractivity (Wildman–Crippen MR) is 162 cm³/mol. The smallest absolute Gasteiger partial charge is 0.335 e. The van der Waals surface area contributed by atoms with Crippen molar-refractivity contribution in [3.63, 3.8) is 0 Å². The number of nitrogens with zero attached hydrogens (tertiary/aromatic N) is 1. The summed E-state index contributed by atoms with van der Waals surface area (Å²) in [4.78, 5) is 24.9. The molecule has 0 saturated heterocycles. The van der Waals surface area contributed by atoms with E-state index in [1.54, 1.807) is 19.1 Å². The Kier molecular flexibility index (Phi) is 8.72. The second-order valence-corrected chi connectivity index (χ2v) is 12.3. The third kappa shape index (κ3) is 6.41. The average molecular weight is 542 g/mol. The molecule has 1 aliphatic rings. The number of aromatic carboxylic acids is 1. The number of rotatable bonds is 10. The minimum atomic E-state index is -0.930. The number of unbranched alkanes of at least 4 members (excludes halogenated alkanes) is 1. The van der Waals surface area contributed by atoms with Gasteiger partial charge in [-0.15, -0.1) is 0 Å². The Hall–Kier alpha value is -3.60. The number of carbonyl (C=O) groups is 2. The third-order valence-corrected chi connectivity index (χ3v) is 8.52. The SMILES string of the molecule is CCN(CCCCOc1ccc(-c2ccc(C(=O)O)cc2)cc1-c1ccc2c(c1)C(C)(C)CCC2(C)C)C(C)=O. The van der Waals surface area contributed by atoms with Crippen molar-refractivity contribution in [2.75, 3.05) is 19.7 Å². The summed E-state index contributed by atoms with van der Waals surface area (Å²) in [6.07, 6.45) is 4.05. The Morgan fingerprint density at radius 3 is 2.08 bits per heavy atom. The van der Waals surface area contributed by atoms with Crippen molar-refractivity contribution >= 4 is 11.9 Å². The average Bonchev–Trinajstić information content (AvgIpc) is 2.93. The van der Waals surface area contributed by atoms with Crippen LogP contribution < -0.4 is 4.74 Å². The summed E-state index contributed by atoms with van der Waals surface area (Å²) in [5.41, 5.74) is 7.44. The van der Waals surface area contributed by atoms with E-state index >= 15 is 0 Å². The molecule has 5 heteroatoms. The molecule has 0 aromatic heterocycles. The number of carbonyl (C=O) groups excluding carboxylic acids is 1. The first-order valence-electron chi connectivity index (χ1n) is 14.4. The summed E-state index contributed by atoms with van der Waals surface area (Å²) in [5, 5.41) is 9.31. The zero-order valence-electron chi connectivity index (χ0n) is 24.8. The fourth-order valence-corrected chi connectivity index (χ4v) is 5.75. The van der Waals surface area contributed by atoms with Gasteiger partial charge in [0.2, 0.25) is 5.91 Å². The second kappa shape index (κ2) is 11.9. The highest BCUT2D eigenvalue weighted by Gasteiger charge is 2.37. The molecule has 0 spiro atoms. The Bertz CT molecular complexity index is 1370. The molecule has 3 aromatic rings. The van der Waals surface area contributed by atoms with Crippen LogP contribution in [0.1, 0.15) is 88.7 Å². The summed E-state index contributed by atoms with van der Waals surface area (Å²) in [7, 11) is 0. The molecule has 4 rings (SSSR count). The molecule has 0 fully saturated rings. The van der Waals surface area contributed by atoms with Gasteiger partial charge in [-0.05, 0) is 95.5 Å². The van der Waals surface area contributed by atoms with Crippen LogP contribution in [0.25, 0.3) is 22.3 Å². The van der Waals surface area contributed by atoms with E-state index in [2.05, 4.69) is 52.0 Å². The lowest BCUT2D eigenvalue weighted by Crippen LogP contribution is -2.33. The van der Waals surface area contributed by atoms with E-state index in [-0.39, 0.29) is 22.3 Å². The maximum atomic E-state index is 11.7. The molecular weight excluding hydrogens is 498 g/mol. The normalized spacial score (nSPS) is 15.2. The van der Waals surface area contributed by atoms with E-state index < -0.39 is 5.97 Å². The van der Waals surface area contributed by atoms with Crippen LogP contribution in [0.15, 0.2) is 60.7 Å². The molecule has 1 aliphatic carbocycles. The van der Waals surface area contributed by atoms with Crippen molar-refractivity contribution in [2.45, 2.75) is 78.1 Å². The first-order chi connectivity index (χ1) is 18.9. The molecule has 0 radical (unpaired) electrons. The second-order valence-electron chi connectivity index (χ2n) is 12.3. The van der Waals surface area contributed by atoms with Crippen molar-refractivity contribution in [1.29, 1.82) is 0 Å². The highest BCUT2D eigenvalue weighted by atomic mass is 16.5. The highest BCUT2D eigenvalue weighted by molar-refractivity contribution is 5.88. The molecular formula is C35H43NO4. The Morgan fingerprint density at radius 2 is 1.45 bits per heavy atom. The Labute approximate surface area is 239 Å². The van der Waals surface area contributed by atoms with Gasteiger partial charge in [0.1, 0.15) is 5.75 Å². The van der Waals surface area contributed by atoms with Gasteiger partial charge < -0.3 is 14.7 Å². The van der Waals surface area contributed by atoms with Crippen molar-refractivity contribution in [3.05, 3.63) is 77.4 Å². The molecule has 1 amide bonds. The van der Waals surface area contributed by atoms with Gasteiger partial charge in [-0.25, -0.2) is 4.79 Å². The van der Waals surface area contributed by atoms with Crippen LogP contribution in [-0.2, 0) is 15.6 Å². The summed E-state index contributed by atoms with van der Waals surface area (Å²) in [5.74, 6) is 0.00906. The zero-order chi connectivity index (χ0) is 29.1. The molecule has 0 unspecified atom stereocenters. The topological polar surface area (TPSA) is 66.8 Å². The maximum Gasteiger partial charge on any atom is 0.335 e. The van der Waals surface area contributed by atoms with Crippen molar-refractivity contribution in [2.24, 2.45) is 0 Å². The van der Waals surface area contributed by atoms with Gasteiger partial charge in [-0.1, -0.05) is 64.1 Å². The molecule has 0 atom stereocenters. The number of hydrogen-bond donors (Lipinski definition) is 1. The zero-order valence-corrected chi connectivity index (χ0v) is 24.8. The van der Waals surface area contributed by atoms with E-state index in [1.807, 2.05) is 36.1 Å². The van der Waals surface area contributed by atoms with Gasteiger partial charge in [0.05, 0.1) is 12.2 Å². The first kappa shape index (κ1) is 29.4. The summed E-state index contributed by atoms with van der Waals surface area (Å²) in [6, 6.07) is 20.1. The third-order valence-electron chi connectivity index (χ3n) is 8.52. The molecule has 212 valence electrons. The Morgan fingerprint density at radius 1 is 0.825 bits per heavy atom. The number of fused-ring (bicyclic) bond motifs is 1. The highest BCUT2D eigenvalue weighted by Crippen LogP contribution is 2.47.